The van der Waals surface area contributed by atoms with Crippen LogP contribution in [0.4, 0.5) is 0 Å². The van der Waals surface area contributed by atoms with Gasteiger partial charge in [-0.3, -0.25) is 0 Å². The van der Waals surface area contributed by atoms with Crippen molar-refractivity contribution in [2.24, 2.45) is 5.73 Å². The van der Waals surface area contributed by atoms with E-state index in [1.54, 1.807) is 0 Å². The summed E-state index contributed by atoms with van der Waals surface area (Å²) in [5.41, 5.74) is 9.03. The second-order valence-corrected chi connectivity index (χ2v) is 4.56. The summed E-state index contributed by atoms with van der Waals surface area (Å²) in [4.78, 5) is 0. The standard InChI is InChI=1S/C14H23N/c1-4-14(15,5-2)11-10-13-8-6-12(3)7-9-13/h6-9H,4-5,10-11,15H2,1-3H3. The van der Waals surface area contributed by atoms with E-state index in [9.17, 15) is 0 Å². The molecule has 15 heavy (non-hydrogen) atoms. The maximum absolute atomic E-state index is 6.27. The Hall–Kier alpha value is -0.820. The van der Waals surface area contributed by atoms with E-state index in [4.69, 9.17) is 5.73 Å². The highest BCUT2D eigenvalue weighted by Gasteiger charge is 2.19. The van der Waals surface area contributed by atoms with E-state index < -0.39 is 0 Å². The van der Waals surface area contributed by atoms with Crippen molar-refractivity contribution in [1.82, 2.24) is 0 Å². The average molecular weight is 205 g/mol. The number of benzene rings is 1. The van der Waals surface area contributed by atoms with Crippen molar-refractivity contribution in [2.75, 3.05) is 0 Å². The summed E-state index contributed by atoms with van der Waals surface area (Å²) >= 11 is 0. The molecule has 0 bridgehead atoms. The van der Waals surface area contributed by atoms with Crippen molar-refractivity contribution in [3.63, 3.8) is 0 Å². The maximum atomic E-state index is 6.27. The summed E-state index contributed by atoms with van der Waals surface area (Å²) in [5, 5.41) is 0. The molecule has 0 heterocycles. The molecule has 0 atom stereocenters. The molecular formula is C14H23N. The average Bonchev–Trinajstić information content (AvgIpc) is 2.28. The van der Waals surface area contributed by atoms with E-state index in [2.05, 4.69) is 45.0 Å². The molecule has 2 N–H and O–H groups in total. The molecular weight excluding hydrogens is 182 g/mol. The van der Waals surface area contributed by atoms with E-state index in [1.807, 2.05) is 0 Å². The van der Waals surface area contributed by atoms with Gasteiger partial charge in [0.05, 0.1) is 0 Å². The molecule has 1 aromatic rings. The Morgan fingerprint density at radius 2 is 1.60 bits per heavy atom. The van der Waals surface area contributed by atoms with Crippen LogP contribution in [-0.2, 0) is 6.42 Å². The van der Waals surface area contributed by atoms with Crippen molar-refractivity contribution in [3.8, 4) is 0 Å². The van der Waals surface area contributed by atoms with Crippen LogP contribution in [0.25, 0.3) is 0 Å². The molecule has 0 amide bonds. The fraction of sp³-hybridized carbons (Fsp3) is 0.571. The van der Waals surface area contributed by atoms with Gasteiger partial charge in [-0.05, 0) is 38.2 Å². The zero-order valence-electron chi connectivity index (χ0n) is 10.2. The molecule has 0 aliphatic heterocycles. The number of hydrogen-bond acceptors (Lipinski definition) is 1. The molecule has 0 spiro atoms. The fourth-order valence-corrected chi connectivity index (χ4v) is 1.75. The highest BCUT2D eigenvalue weighted by atomic mass is 14.7. The Morgan fingerprint density at radius 3 is 2.07 bits per heavy atom. The van der Waals surface area contributed by atoms with Crippen molar-refractivity contribution in [2.45, 2.75) is 52.0 Å². The first kappa shape index (κ1) is 12.3. The zero-order valence-corrected chi connectivity index (χ0v) is 10.2. The molecule has 84 valence electrons. The molecule has 1 nitrogen and oxygen atoms in total. The number of nitrogens with two attached hydrogens (primary N) is 1. The van der Waals surface area contributed by atoms with E-state index in [1.165, 1.54) is 11.1 Å². The molecule has 0 radical (unpaired) electrons. The Kier molecular flexibility index (Phi) is 4.34. The van der Waals surface area contributed by atoms with Crippen LogP contribution in [0, 0.1) is 6.92 Å². The van der Waals surface area contributed by atoms with Gasteiger partial charge in [0.2, 0.25) is 0 Å². The molecule has 0 aliphatic carbocycles. The molecule has 1 aromatic carbocycles. The van der Waals surface area contributed by atoms with E-state index >= 15 is 0 Å². The second-order valence-electron chi connectivity index (χ2n) is 4.56. The molecule has 0 unspecified atom stereocenters. The van der Waals surface area contributed by atoms with E-state index in [0.717, 1.165) is 25.7 Å². The molecule has 0 saturated heterocycles. The van der Waals surface area contributed by atoms with Crippen LogP contribution in [0.3, 0.4) is 0 Å². The molecule has 1 rings (SSSR count). The van der Waals surface area contributed by atoms with Crippen molar-refractivity contribution in [3.05, 3.63) is 35.4 Å². The van der Waals surface area contributed by atoms with Crippen molar-refractivity contribution in [1.29, 1.82) is 0 Å². The van der Waals surface area contributed by atoms with Gasteiger partial charge in [-0.15, -0.1) is 0 Å². The summed E-state index contributed by atoms with van der Waals surface area (Å²) in [6.07, 6.45) is 4.31. The lowest BCUT2D eigenvalue weighted by Gasteiger charge is -2.26. The summed E-state index contributed by atoms with van der Waals surface area (Å²) in [7, 11) is 0. The van der Waals surface area contributed by atoms with Gasteiger partial charge >= 0.3 is 0 Å². The third-order valence-corrected chi connectivity index (χ3v) is 3.44. The van der Waals surface area contributed by atoms with Gasteiger partial charge in [-0.1, -0.05) is 43.7 Å². The SMILES string of the molecule is CCC(N)(CC)CCc1ccc(C)cc1. The van der Waals surface area contributed by atoms with E-state index in [-0.39, 0.29) is 5.54 Å². The van der Waals surface area contributed by atoms with Crippen LogP contribution >= 0.6 is 0 Å². The van der Waals surface area contributed by atoms with Crippen LogP contribution < -0.4 is 5.73 Å². The van der Waals surface area contributed by atoms with E-state index in [0.29, 0.717) is 0 Å². The number of hydrogen-bond donors (Lipinski definition) is 1. The minimum Gasteiger partial charge on any atom is -0.325 e. The Balaban J connectivity index is 2.53. The minimum atomic E-state index is 0.0326. The van der Waals surface area contributed by atoms with Gasteiger partial charge in [0, 0.05) is 5.54 Å². The predicted octanol–water partition coefficient (Wildman–Crippen LogP) is 3.45. The molecule has 0 aromatic heterocycles. The largest absolute Gasteiger partial charge is 0.325 e. The van der Waals surface area contributed by atoms with Crippen LogP contribution in [0.15, 0.2) is 24.3 Å². The fourth-order valence-electron chi connectivity index (χ4n) is 1.75. The smallest absolute Gasteiger partial charge is 0.0152 e. The highest BCUT2D eigenvalue weighted by molar-refractivity contribution is 5.21. The lowest BCUT2D eigenvalue weighted by atomic mass is 9.87. The first-order valence-corrected chi connectivity index (χ1v) is 5.94. The van der Waals surface area contributed by atoms with Gasteiger partial charge in [-0.25, -0.2) is 0 Å². The first-order valence-electron chi connectivity index (χ1n) is 5.94. The number of aryl methyl sites for hydroxylation is 2. The van der Waals surface area contributed by atoms with Gasteiger partial charge < -0.3 is 5.73 Å². The molecule has 0 fully saturated rings. The first-order chi connectivity index (χ1) is 7.09. The second kappa shape index (κ2) is 5.32. The third-order valence-electron chi connectivity index (χ3n) is 3.44. The Morgan fingerprint density at radius 1 is 1.07 bits per heavy atom. The molecule has 0 aliphatic rings. The van der Waals surface area contributed by atoms with Crippen LogP contribution in [-0.4, -0.2) is 5.54 Å². The minimum absolute atomic E-state index is 0.0326. The summed E-state index contributed by atoms with van der Waals surface area (Å²) in [6.45, 7) is 6.48. The van der Waals surface area contributed by atoms with Gasteiger partial charge in [0.1, 0.15) is 0 Å². The maximum Gasteiger partial charge on any atom is 0.0152 e. The molecule has 1 heteroatoms. The van der Waals surface area contributed by atoms with Gasteiger partial charge in [-0.2, -0.15) is 0 Å². The topological polar surface area (TPSA) is 26.0 Å². The summed E-state index contributed by atoms with van der Waals surface area (Å²) in [6, 6.07) is 8.76. The quantitative estimate of drug-likeness (QED) is 0.783. The summed E-state index contributed by atoms with van der Waals surface area (Å²) < 4.78 is 0. The number of rotatable bonds is 5. The third kappa shape index (κ3) is 3.67. The van der Waals surface area contributed by atoms with Gasteiger partial charge in [0.25, 0.3) is 0 Å². The Labute approximate surface area is 93.7 Å². The van der Waals surface area contributed by atoms with Crippen LogP contribution in [0.5, 0.6) is 0 Å². The monoisotopic (exact) mass is 205 g/mol. The van der Waals surface area contributed by atoms with Crippen LogP contribution in [0.1, 0.15) is 44.2 Å². The molecule has 0 saturated carbocycles. The lowest BCUT2D eigenvalue weighted by Crippen LogP contribution is -2.38. The Bertz CT molecular complexity index is 283. The predicted molar refractivity (Wildman–Crippen MR) is 67.0 cm³/mol. The normalized spacial score (nSPS) is 11.7. The summed E-state index contributed by atoms with van der Waals surface area (Å²) in [5.74, 6) is 0. The lowest BCUT2D eigenvalue weighted by molar-refractivity contribution is 0.367. The van der Waals surface area contributed by atoms with Crippen LogP contribution in [0.2, 0.25) is 0 Å². The zero-order chi connectivity index (χ0) is 11.3. The highest BCUT2D eigenvalue weighted by Crippen LogP contribution is 2.19. The van der Waals surface area contributed by atoms with Crippen molar-refractivity contribution >= 4 is 0 Å². The van der Waals surface area contributed by atoms with Gasteiger partial charge in [0.15, 0.2) is 0 Å². The van der Waals surface area contributed by atoms with Crippen molar-refractivity contribution < 1.29 is 0 Å².